The third-order valence-corrected chi connectivity index (χ3v) is 8.45. The second kappa shape index (κ2) is 11.9. The number of hydrogen-bond donors (Lipinski definition) is 1. The van der Waals surface area contributed by atoms with Crippen LogP contribution in [-0.2, 0) is 5.75 Å². The molecule has 40 heavy (non-hydrogen) atoms. The van der Waals surface area contributed by atoms with Crippen LogP contribution in [0.25, 0.3) is 6.08 Å². The summed E-state index contributed by atoms with van der Waals surface area (Å²) in [5.74, 6) is 0.805. The Morgan fingerprint density at radius 2 is 1.93 bits per heavy atom. The van der Waals surface area contributed by atoms with E-state index in [9.17, 15) is 18.8 Å². The number of methoxy groups -OCH3 is 1. The number of nitrogens with zero attached hydrogens (tertiary/aromatic N) is 2. The number of aryl methyl sites for hydroxylation is 1. The molecule has 9 heteroatoms. The van der Waals surface area contributed by atoms with Gasteiger partial charge < -0.3 is 10.1 Å². The van der Waals surface area contributed by atoms with E-state index in [-0.39, 0.29) is 22.1 Å². The number of alkyl halides is 2. The van der Waals surface area contributed by atoms with E-state index >= 15 is 0 Å². The number of para-hydroxylation sites is 1. The summed E-state index contributed by atoms with van der Waals surface area (Å²) in [4.78, 5) is 19.2. The maximum atomic E-state index is 13.3. The molecule has 5 rings (SSSR count). The number of pyridine rings is 1. The Hall–Kier alpha value is -4.13. The van der Waals surface area contributed by atoms with Crippen molar-refractivity contribution >= 4 is 46.8 Å². The number of hydrogen-bond acceptors (Lipinski definition) is 7. The van der Waals surface area contributed by atoms with Crippen molar-refractivity contribution in [2.45, 2.75) is 33.9 Å². The molecular formula is C31H23F2N3O2S2. The van der Waals surface area contributed by atoms with Crippen molar-refractivity contribution in [1.29, 1.82) is 5.26 Å². The summed E-state index contributed by atoms with van der Waals surface area (Å²) >= 11 is 2.85. The van der Waals surface area contributed by atoms with Gasteiger partial charge in [-0.3, -0.25) is 4.79 Å². The number of carbonyl (C=O) groups excluding carboxylic acids is 1. The topological polar surface area (TPSA) is 75.0 Å². The molecule has 0 amide bonds. The molecule has 3 aromatic carbocycles. The number of nitriles is 1. The van der Waals surface area contributed by atoms with E-state index in [2.05, 4.69) is 22.4 Å². The van der Waals surface area contributed by atoms with Crippen molar-refractivity contribution in [3.63, 3.8) is 0 Å². The average Bonchev–Trinajstić information content (AvgIpc) is 2.97. The van der Waals surface area contributed by atoms with Gasteiger partial charge in [-0.2, -0.15) is 5.26 Å². The predicted octanol–water partition coefficient (Wildman–Crippen LogP) is 8.60. The SMILES string of the molecule is COc1ccc(/C=C/C(=O)c2ccc3c(c2)Nc2ccccc2S3)cc1CSc1nc(C(F)F)cc(C)c1C#N. The van der Waals surface area contributed by atoms with Crippen LogP contribution in [-0.4, -0.2) is 17.9 Å². The molecule has 1 aliphatic heterocycles. The number of nitrogens with one attached hydrogen (secondary N) is 1. The van der Waals surface area contributed by atoms with Gasteiger partial charge in [0, 0.05) is 26.7 Å². The van der Waals surface area contributed by atoms with Gasteiger partial charge in [-0.25, -0.2) is 13.8 Å². The van der Waals surface area contributed by atoms with Crippen molar-refractivity contribution in [2.24, 2.45) is 0 Å². The zero-order valence-corrected chi connectivity index (χ0v) is 23.2. The van der Waals surface area contributed by atoms with Gasteiger partial charge >= 0.3 is 0 Å². The van der Waals surface area contributed by atoms with E-state index in [0.717, 1.165) is 32.3 Å². The normalized spacial score (nSPS) is 12.0. The van der Waals surface area contributed by atoms with Gasteiger partial charge in [0.2, 0.25) is 0 Å². The van der Waals surface area contributed by atoms with Crippen molar-refractivity contribution in [3.8, 4) is 11.8 Å². The highest BCUT2D eigenvalue weighted by molar-refractivity contribution is 7.99. The summed E-state index contributed by atoms with van der Waals surface area (Å²) in [6, 6.07) is 22.4. The number of carbonyl (C=O) groups is 1. The fourth-order valence-corrected chi connectivity index (χ4v) is 6.25. The number of ether oxygens (including phenoxy) is 1. The lowest BCUT2D eigenvalue weighted by Gasteiger charge is -2.20. The molecule has 0 spiro atoms. The second-order valence-corrected chi connectivity index (χ2v) is 11.0. The maximum absolute atomic E-state index is 13.3. The van der Waals surface area contributed by atoms with Gasteiger partial charge in [0.05, 0.1) is 24.0 Å². The number of anilines is 2. The highest BCUT2D eigenvalue weighted by Gasteiger charge is 2.18. The monoisotopic (exact) mass is 571 g/mol. The largest absolute Gasteiger partial charge is 0.496 e. The molecule has 0 atom stereocenters. The molecule has 0 bridgehead atoms. The molecule has 5 nitrogen and oxygen atoms in total. The van der Waals surface area contributed by atoms with Crippen LogP contribution in [0.2, 0.25) is 0 Å². The average molecular weight is 572 g/mol. The molecule has 0 radical (unpaired) electrons. The number of thioether (sulfide) groups is 1. The number of allylic oxidation sites excluding steroid dienone is 1. The first kappa shape index (κ1) is 27.4. The first-order valence-corrected chi connectivity index (χ1v) is 14.1. The van der Waals surface area contributed by atoms with E-state index in [0.29, 0.717) is 22.6 Å². The number of halogens is 2. The van der Waals surface area contributed by atoms with Crippen LogP contribution in [0.15, 0.2) is 87.6 Å². The van der Waals surface area contributed by atoms with Crippen molar-refractivity contribution in [2.75, 3.05) is 12.4 Å². The lowest BCUT2D eigenvalue weighted by atomic mass is 10.1. The maximum Gasteiger partial charge on any atom is 0.280 e. The Labute approximate surface area is 239 Å². The van der Waals surface area contributed by atoms with Gasteiger partial charge in [0.15, 0.2) is 5.78 Å². The molecule has 1 aromatic heterocycles. The minimum Gasteiger partial charge on any atom is -0.496 e. The summed E-state index contributed by atoms with van der Waals surface area (Å²) in [5, 5.41) is 13.2. The lowest BCUT2D eigenvalue weighted by Crippen LogP contribution is -2.02. The van der Waals surface area contributed by atoms with Gasteiger partial charge in [0.25, 0.3) is 6.43 Å². The molecule has 0 fully saturated rings. The predicted molar refractivity (Wildman–Crippen MR) is 155 cm³/mol. The van der Waals surface area contributed by atoms with Gasteiger partial charge in [-0.1, -0.05) is 36.0 Å². The Morgan fingerprint density at radius 3 is 2.70 bits per heavy atom. The smallest absolute Gasteiger partial charge is 0.280 e. The molecule has 1 N–H and O–H groups in total. The summed E-state index contributed by atoms with van der Waals surface area (Å²) in [6.07, 6.45) is 0.523. The van der Waals surface area contributed by atoms with Crippen LogP contribution < -0.4 is 10.1 Å². The van der Waals surface area contributed by atoms with Crippen molar-refractivity contribution < 1.29 is 18.3 Å². The zero-order valence-electron chi connectivity index (χ0n) is 21.6. The molecule has 0 unspecified atom stereocenters. The third kappa shape index (κ3) is 5.88. The van der Waals surface area contributed by atoms with Gasteiger partial charge in [-0.15, -0.1) is 11.8 Å². The van der Waals surface area contributed by atoms with E-state index in [4.69, 9.17) is 4.74 Å². The Balaban J connectivity index is 1.33. The van der Waals surface area contributed by atoms with Crippen LogP contribution in [0.1, 0.15) is 44.7 Å². The number of ketones is 1. The van der Waals surface area contributed by atoms with Crippen molar-refractivity contribution in [3.05, 3.63) is 106 Å². The number of fused-ring (bicyclic) bond motifs is 2. The molecule has 200 valence electrons. The van der Waals surface area contributed by atoms with E-state index < -0.39 is 6.43 Å². The number of benzene rings is 3. The highest BCUT2D eigenvalue weighted by Crippen LogP contribution is 2.44. The molecule has 4 aromatic rings. The number of rotatable bonds is 8. The van der Waals surface area contributed by atoms with Gasteiger partial charge in [-0.05, 0) is 72.7 Å². The van der Waals surface area contributed by atoms with E-state index in [1.165, 1.54) is 23.9 Å². The minimum absolute atomic E-state index is 0.137. The Bertz CT molecular complexity index is 1680. The van der Waals surface area contributed by atoms with E-state index in [1.807, 2.05) is 48.5 Å². The summed E-state index contributed by atoms with van der Waals surface area (Å²) in [6.45, 7) is 1.62. The Morgan fingerprint density at radius 1 is 1.12 bits per heavy atom. The first-order valence-electron chi connectivity index (χ1n) is 12.3. The molecule has 2 heterocycles. The molecule has 0 saturated carbocycles. The van der Waals surface area contributed by atoms with Crippen LogP contribution >= 0.6 is 23.5 Å². The standard InChI is InChI=1S/C31H23F2N3O2S2/c1-18-13-25(30(32)33)36-31(22(18)16-34)39-17-21-14-19(8-11-27(21)38-2)7-10-26(37)20-9-12-29-24(15-20)35-23-5-3-4-6-28(23)40-29/h3-15,30,35H,17H2,1-2H3/b10-7+. The first-order chi connectivity index (χ1) is 19.4. The highest BCUT2D eigenvalue weighted by atomic mass is 32.2. The molecule has 1 aliphatic rings. The quantitative estimate of drug-likeness (QED) is 0.114. The fourth-order valence-electron chi connectivity index (χ4n) is 4.24. The lowest BCUT2D eigenvalue weighted by molar-refractivity contribution is 0.104. The summed E-state index contributed by atoms with van der Waals surface area (Å²) in [5.41, 5.74) is 4.39. The zero-order chi connectivity index (χ0) is 28.2. The van der Waals surface area contributed by atoms with Gasteiger partial charge in [0.1, 0.15) is 22.5 Å². The van der Waals surface area contributed by atoms with Crippen LogP contribution in [0.5, 0.6) is 5.75 Å². The fraction of sp³-hybridized carbons (Fsp3) is 0.129. The van der Waals surface area contributed by atoms with E-state index in [1.54, 1.807) is 37.9 Å². The summed E-state index contributed by atoms with van der Waals surface area (Å²) in [7, 11) is 1.55. The molecule has 0 saturated heterocycles. The summed E-state index contributed by atoms with van der Waals surface area (Å²) < 4.78 is 32.1. The van der Waals surface area contributed by atoms with Crippen LogP contribution in [0, 0.1) is 18.3 Å². The molecule has 0 aliphatic carbocycles. The third-order valence-electron chi connectivity index (χ3n) is 6.28. The van der Waals surface area contributed by atoms with Crippen molar-refractivity contribution in [1.82, 2.24) is 4.98 Å². The minimum atomic E-state index is -2.73. The number of aromatic nitrogens is 1. The van der Waals surface area contributed by atoms with Crippen LogP contribution in [0.3, 0.4) is 0 Å². The second-order valence-electron chi connectivity index (χ2n) is 8.95. The molecular weight excluding hydrogens is 548 g/mol. The van der Waals surface area contributed by atoms with Crippen LogP contribution in [0.4, 0.5) is 20.2 Å². The Kier molecular flexibility index (Phi) is 8.19.